The molecule has 0 aliphatic heterocycles. The third kappa shape index (κ3) is 7.80. The maximum atomic E-state index is 13.9. The van der Waals surface area contributed by atoms with E-state index in [1.54, 1.807) is 0 Å². The van der Waals surface area contributed by atoms with Crippen molar-refractivity contribution >= 4 is 0 Å². The van der Waals surface area contributed by atoms with E-state index in [2.05, 4.69) is 10.8 Å². The average Bonchev–Trinajstić information content (AvgIpc) is 2.74. The highest BCUT2D eigenvalue weighted by atomic mass is 19.4. The summed E-state index contributed by atoms with van der Waals surface area (Å²) in [6, 6.07) is 3.75. The number of hydrogen-bond acceptors (Lipinski definition) is 1. The van der Waals surface area contributed by atoms with Crippen LogP contribution in [0.3, 0.4) is 0 Å². The Bertz CT molecular complexity index is 698. The van der Waals surface area contributed by atoms with Crippen LogP contribution in [0, 0.1) is 29.5 Å². The van der Waals surface area contributed by atoms with E-state index in [-0.39, 0.29) is 6.67 Å². The second-order valence-electron chi connectivity index (χ2n) is 9.21. The van der Waals surface area contributed by atoms with Gasteiger partial charge in [-0.15, -0.1) is 13.2 Å². The summed E-state index contributed by atoms with van der Waals surface area (Å²) in [5, 5.41) is 0. The van der Waals surface area contributed by atoms with Crippen LogP contribution in [0.25, 0.3) is 0 Å². The quantitative estimate of drug-likeness (QED) is 0.290. The third-order valence-electron chi connectivity index (χ3n) is 7.12. The molecule has 3 rings (SSSR count). The summed E-state index contributed by atoms with van der Waals surface area (Å²) in [7, 11) is 0. The van der Waals surface area contributed by atoms with Crippen LogP contribution in [0.5, 0.6) is 5.75 Å². The van der Waals surface area contributed by atoms with Crippen LogP contribution in [0.1, 0.15) is 69.8 Å². The van der Waals surface area contributed by atoms with Crippen molar-refractivity contribution in [2.45, 2.75) is 77.0 Å². The lowest BCUT2D eigenvalue weighted by atomic mass is 9.68. The fourth-order valence-corrected chi connectivity index (χ4v) is 5.39. The van der Waals surface area contributed by atoms with E-state index in [1.165, 1.54) is 57.4 Å². The van der Waals surface area contributed by atoms with Crippen LogP contribution < -0.4 is 4.74 Å². The number of aryl methyl sites for hydroxylation is 1. The van der Waals surface area contributed by atoms with E-state index in [9.17, 15) is 22.0 Å². The normalized spacial score (nSPS) is 27.5. The Balaban J connectivity index is 1.38. The van der Waals surface area contributed by atoms with Gasteiger partial charge in [0.05, 0.1) is 6.67 Å². The molecule has 0 atom stereocenters. The summed E-state index contributed by atoms with van der Waals surface area (Å²) in [4.78, 5) is 0. The average molecular weight is 445 g/mol. The van der Waals surface area contributed by atoms with Gasteiger partial charge in [0, 0.05) is 0 Å². The van der Waals surface area contributed by atoms with E-state index in [0.29, 0.717) is 30.2 Å². The van der Waals surface area contributed by atoms with Crippen molar-refractivity contribution in [1.82, 2.24) is 0 Å². The zero-order chi connectivity index (χ0) is 22.3. The summed E-state index contributed by atoms with van der Waals surface area (Å²) < 4.78 is 66.5. The first-order valence-corrected chi connectivity index (χ1v) is 11.6. The molecule has 2 aliphatic carbocycles. The maximum absolute atomic E-state index is 13.9. The topological polar surface area (TPSA) is 9.23 Å². The molecule has 0 saturated heterocycles. The highest BCUT2D eigenvalue weighted by Crippen LogP contribution is 2.42. The van der Waals surface area contributed by atoms with Crippen LogP contribution in [-0.2, 0) is 6.42 Å². The molecule has 1 aromatic carbocycles. The van der Waals surface area contributed by atoms with Gasteiger partial charge in [0.15, 0.2) is 11.6 Å². The molecule has 0 radical (unpaired) electrons. The predicted molar refractivity (Wildman–Crippen MR) is 112 cm³/mol. The molecule has 0 N–H and O–H groups in total. The van der Waals surface area contributed by atoms with Gasteiger partial charge in [-0.25, -0.2) is 4.39 Å². The Hall–Kier alpha value is -1.59. The number of allylic oxidation sites excluding steroid dienone is 2. The Kier molecular flexibility index (Phi) is 8.79. The molecule has 0 unspecified atom stereocenters. The summed E-state index contributed by atoms with van der Waals surface area (Å²) in [6.45, 7) is -0.276. The molecule has 2 saturated carbocycles. The maximum Gasteiger partial charge on any atom is 0.573 e. The first-order valence-electron chi connectivity index (χ1n) is 11.6. The van der Waals surface area contributed by atoms with Crippen molar-refractivity contribution in [2.24, 2.45) is 23.7 Å². The molecule has 2 fully saturated rings. The van der Waals surface area contributed by atoms with Gasteiger partial charge in [-0.2, -0.15) is 0 Å². The van der Waals surface area contributed by atoms with E-state index >= 15 is 0 Å². The van der Waals surface area contributed by atoms with Crippen LogP contribution in [0.15, 0.2) is 30.4 Å². The molecular formula is C25H33F5O. The molecule has 31 heavy (non-hydrogen) atoms. The lowest BCUT2D eigenvalue weighted by Gasteiger charge is -2.37. The van der Waals surface area contributed by atoms with Gasteiger partial charge in [0.1, 0.15) is 0 Å². The number of halogens is 5. The highest BCUT2D eigenvalue weighted by Gasteiger charge is 2.33. The number of alkyl halides is 4. The molecule has 0 heterocycles. The lowest BCUT2D eigenvalue weighted by Crippen LogP contribution is -2.25. The van der Waals surface area contributed by atoms with Gasteiger partial charge in [-0.1, -0.05) is 31.1 Å². The van der Waals surface area contributed by atoms with Crippen molar-refractivity contribution in [3.8, 4) is 5.75 Å². The summed E-state index contributed by atoms with van der Waals surface area (Å²) >= 11 is 0. The molecule has 174 valence electrons. The summed E-state index contributed by atoms with van der Waals surface area (Å²) in [5.41, 5.74) is 0.716. The first kappa shape index (κ1) is 24.1. The SMILES string of the molecule is FCCC=C[C@H]1CC[C@H]([C@H]2CC[C@H](CCc3ccc(OC(F)(F)F)c(F)c3)CC2)CC1. The summed E-state index contributed by atoms with van der Waals surface area (Å²) in [6.07, 6.45) is 11.3. The number of rotatable bonds is 8. The van der Waals surface area contributed by atoms with Crippen LogP contribution in [-0.4, -0.2) is 13.0 Å². The monoisotopic (exact) mass is 444 g/mol. The van der Waals surface area contributed by atoms with Gasteiger partial charge in [-0.3, -0.25) is 4.39 Å². The minimum Gasteiger partial charge on any atom is -0.403 e. The Labute approximate surface area is 182 Å². The van der Waals surface area contributed by atoms with Gasteiger partial charge < -0.3 is 4.74 Å². The minimum absolute atomic E-state index is 0.276. The van der Waals surface area contributed by atoms with Gasteiger partial charge >= 0.3 is 6.36 Å². The van der Waals surface area contributed by atoms with Gasteiger partial charge in [-0.05, 0) is 99.2 Å². The number of ether oxygens (including phenoxy) is 1. The number of hydrogen-bond donors (Lipinski definition) is 0. The fraction of sp³-hybridized carbons (Fsp3) is 0.680. The van der Waals surface area contributed by atoms with Gasteiger partial charge in [0.2, 0.25) is 0 Å². The molecule has 0 aromatic heterocycles. The minimum atomic E-state index is -4.88. The van der Waals surface area contributed by atoms with Crippen molar-refractivity contribution in [2.75, 3.05) is 6.67 Å². The zero-order valence-corrected chi connectivity index (χ0v) is 18.0. The van der Waals surface area contributed by atoms with E-state index in [0.717, 1.165) is 30.4 Å². The fourth-order valence-electron chi connectivity index (χ4n) is 5.39. The van der Waals surface area contributed by atoms with Crippen LogP contribution in [0.2, 0.25) is 0 Å². The van der Waals surface area contributed by atoms with Crippen molar-refractivity contribution < 1.29 is 26.7 Å². The largest absolute Gasteiger partial charge is 0.573 e. The van der Waals surface area contributed by atoms with E-state index in [4.69, 9.17) is 0 Å². The highest BCUT2D eigenvalue weighted by molar-refractivity contribution is 5.29. The Morgan fingerprint density at radius 3 is 2.16 bits per heavy atom. The molecule has 2 aliphatic rings. The Morgan fingerprint density at radius 2 is 1.58 bits per heavy atom. The molecule has 1 nitrogen and oxygen atoms in total. The molecule has 0 amide bonds. The van der Waals surface area contributed by atoms with E-state index < -0.39 is 17.9 Å². The first-order chi connectivity index (χ1) is 14.8. The molecular weight excluding hydrogens is 411 g/mol. The summed E-state index contributed by atoms with van der Waals surface area (Å²) in [5.74, 6) is 1.08. The third-order valence-corrected chi connectivity index (χ3v) is 7.12. The van der Waals surface area contributed by atoms with Crippen LogP contribution >= 0.6 is 0 Å². The smallest absolute Gasteiger partial charge is 0.403 e. The molecule has 0 bridgehead atoms. The zero-order valence-electron chi connectivity index (χ0n) is 18.0. The van der Waals surface area contributed by atoms with Gasteiger partial charge in [0.25, 0.3) is 0 Å². The van der Waals surface area contributed by atoms with Crippen molar-refractivity contribution in [3.05, 3.63) is 41.7 Å². The second-order valence-corrected chi connectivity index (χ2v) is 9.21. The standard InChI is InChI=1S/C25H33F5O/c26-16-2-1-3-18-6-11-21(12-7-18)22-13-8-19(9-14-22)4-5-20-10-15-24(23(27)17-20)31-25(28,29)30/h1,3,10,15,17-19,21-22H,2,4-9,11-14,16H2/t18-,19-,21-,22-. The Morgan fingerprint density at radius 1 is 0.935 bits per heavy atom. The molecule has 1 aromatic rings. The van der Waals surface area contributed by atoms with Crippen molar-refractivity contribution in [1.29, 1.82) is 0 Å². The van der Waals surface area contributed by atoms with E-state index in [1.807, 2.05) is 6.08 Å². The van der Waals surface area contributed by atoms with Crippen molar-refractivity contribution in [3.63, 3.8) is 0 Å². The molecule has 6 heteroatoms. The second kappa shape index (κ2) is 11.3. The van der Waals surface area contributed by atoms with Crippen LogP contribution in [0.4, 0.5) is 22.0 Å². The number of benzene rings is 1. The molecule has 0 spiro atoms. The predicted octanol–water partition coefficient (Wildman–Crippen LogP) is 8.19. The lowest BCUT2D eigenvalue weighted by molar-refractivity contribution is -0.275.